The van der Waals surface area contributed by atoms with E-state index in [4.69, 9.17) is 5.73 Å². The van der Waals surface area contributed by atoms with Gasteiger partial charge in [0.15, 0.2) is 0 Å². The van der Waals surface area contributed by atoms with E-state index in [9.17, 15) is 4.79 Å². The number of rotatable bonds is 4. The van der Waals surface area contributed by atoms with E-state index < -0.39 is 6.04 Å². The van der Waals surface area contributed by atoms with Crippen molar-refractivity contribution in [1.82, 2.24) is 10.2 Å². The Morgan fingerprint density at radius 2 is 2.15 bits per heavy atom. The first kappa shape index (κ1) is 15.0. The number of benzene rings is 1. The topological polar surface area (TPSA) is 58.4 Å². The van der Waals surface area contributed by atoms with E-state index in [1.165, 1.54) is 5.56 Å². The molecule has 1 unspecified atom stereocenters. The first-order chi connectivity index (χ1) is 9.54. The maximum atomic E-state index is 12.1. The molecule has 0 aliphatic carbocycles. The van der Waals surface area contributed by atoms with Crippen LogP contribution in [0.15, 0.2) is 24.3 Å². The molecule has 1 heterocycles. The molecular weight excluding hydrogens is 250 g/mol. The Labute approximate surface area is 121 Å². The van der Waals surface area contributed by atoms with E-state index in [1.807, 2.05) is 25.1 Å². The number of aryl methyl sites for hydroxylation is 1. The van der Waals surface area contributed by atoms with Gasteiger partial charge in [0.05, 0.1) is 6.04 Å². The van der Waals surface area contributed by atoms with E-state index in [0.29, 0.717) is 6.42 Å². The van der Waals surface area contributed by atoms with Crippen LogP contribution < -0.4 is 11.1 Å². The van der Waals surface area contributed by atoms with Crippen molar-refractivity contribution in [2.75, 3.05) is 20.1 Å². The third-order valence-electron chi connectivity index (χ3n) is 3.94. The molecule has 1 aromatic carbocycles. The molecule has 0 spiro atoms. The van der Waals surface area contributed by atoms with E-state index in [2.05, 4.69) is 23.3 Å². The quantitative estimate of drug-likeness (QED) is 0.864. The van der Waals surface area contributed by atoms with Crippen molar-refractivity contribution in [2.45, 2.75) is 38.3 Å². The Hall–Kier alpha value is -1.39. The number of piperidine rings is 1. The second-order valence-electron chi connectivity index (χ2n) is 5.89. The van der Waals surface area contributed by atoms with E-state index in [1.54, 1.807) is 0 Å². The summed E-state index contributed by atoms with van der Waals surface area (Å²) < 4.78 is 0. The molecule has 0 aromatic heterocycles. The van der Waals surface area contributed by atoms with Gasteiger partial charge < -0.3 is 16.0 Å². The molecule has 110 valence electrons. The van der Waals surface area contributed by atoms with Crippen molar-refractivity contribution in [3.05, 3.63) is 35.4 Å². The Balaban J connectivity index is 1.83. The summed E-state index contributed by atoms with van der Waals surface area (Å²) in [6.45, 7) is 4.13. The molecule has 4 nitrogen and oxygen atoms in total. The van der Waals surface area contributed by atoms with E-state index in [0.717, 1.165) is 31.5 Å². The van der Waals surface area contributed by atoms with Crippen LogP contribution in [0.2, 0.25) is 0 Å². The van der Waals surface area contributed by atoms with Gasteiger partial charge in [0, 0.05) is 6.04 Å². The molecule has 0 saturated carbocycles. The Bertz CT molecular complexity index is 453. The van der Waals surface area contributed by atoms with Gasteiger partial charge in [-0.15, -0.1) is 0 Å². The zero-order valence-corrected chi connectivity index (χ0v) is 12.4. The van der Waals surface area contributed by atoms with Crippen LogP contribution in [0.25, 0.3) is 0 Å². The van der Waals surface area contributed by atoms with Crippen LogP contribution in [-0.4, -0.2) is 43.0 Å². The molecular formula is C16H25N3O. The third-order valence-corrected chi connectivity index (χ3v) is 3.94. The van der Waals surface area contributed by atoms with Crippen molar-refractivity contribution in [3.63, 3.8) is 0 Å². The zero-order chi connectivity index (χ0) is 14.5. The number of carbonyl (C=O) groups excluding carboxylic acids is 1. The SMILES string of the molecule is Cc1cccc(CC(N)C(=O)NC2CCN(C)CC2)c1. The lowest BCUT2D eigenvalue weighted by molar-refractivity contribution is -0.123. The van der Waals surface area contributed by atoms with Gasteiger partial charge in [-0.05, 0) is 51.9 Å². The molecule has 1 aromatic rings. The monoisotopic (exact) mass is 275 g/mol. The van der Waals surface area contributed by atoms with Crippen molar-refractivity contribution in [3.8, 4) is 0 Å². The summed E-state index contributed by atoms with van der Waals surface area (Å²) in [4.78, 5) is 14.4. The summed E-state index contributed by atoms with van der Waals surface area (Å²) in [6, 6.07) is 7.98. The second kappa shape index (κ2) is 6.86. The Morgan fingerprint density at radius 1 is 1.45 bits per heavy atom. The molecule has 20 heavy (non-hydrogen) atoms. The van der Waals surface area contributed by atoms with Gasteiger partial charge in [0.25, 0.3) is 0 Å². The molecule has 3 N–H and O–H groups in total. The number of hydrogen-bond donors (Lipinski definition) is 2. The number of nitrogens with two attached hydrogens (primary N) is 1. The van der Waals surface area contributed by atoms with Gasteiger partial charge in [-0.2, -0.15) is 0 Å². The van der Waals surface area contributed by atoms with Crippen LogP contribution in [0, 0.1) is 6.92 Å². The molecule has 1 aliphatic heterocycles. The predicted octanol–water partition coefficient (Wildman–Crippen LogP) is 1.08. The van der Waals surface area contributed by atoms with Crippen LogP contribution in [0.1, 0.15) is 24.0 Å². The van der Waals surface area contributed by atoms with Gasteiger partial charge in [0.1, 0.15) is 0 Å². The molecule has 0 radical (unpaired) electrons. The highest BCUT2D eigenvalue weighted by Gasteiger charge is 2.21. The summed E-state index contributed by atoms with van der Waals surface area (Å²) in [6.07, 6.45) is 2.62. The lowest BCUT2D eigenvalue weighted by Gasteiger charge is -2.30. The summed E-state index contributed by atoms with van der Waals surface area (Å²) >= 11 is 0. The number of nitrogens with zero attached hydrogens (tertiary/aromatic N) is 1. The van der Waals surface area contributed by atoms with Crippen LogP contribution in [-0.2, 0) is 11.2 Å². The largest absolute Gasteiger partial charge is 0.352 e. The minimum absolute atomic E-state index is 0.0268. The van der Waals surface area contributed by atoms with Gasteiger partial charge >= 0.3 is 0 Å². The number of hydrogen-bond acceptors (Lipinski definition) is 3. The number of carbonyl (C=O) groups is 1. The van der Waals surface area contributed by atoms with Crippen LogP contribution in [0.4, 0.5) is 0 Å². The van der Waals surface area contributed by atoms with Crippen LogP contribution in [0.5, 0.6) is 0 Å². The van der Waals surface area contributed by atoms with Gasteiger partial charge in [-0.1, -0.05) is 29.8 Å². The van der Waals surface area contributed by atoms with E-state index >= 15 is 0 Å². The molecule has 2 rings (SSSR count). The first-order valence-electron chi connectivity index (χ1n) is 7.34. The normalized spacial score (nSPS) is 18.8. The fourth-order valence-electron chi connectivity index (χ4n) is 2.65. The molecule has 1 amide bonds. The van der Waals surface area contributed by atoms with Gasteiger partial charge in [-0.3, -0.25) is 4.79 Å². The Morgan fingerprint density at radius 3 is 2.80 bits per heavy atom. The summed E-state index contributed by atoms with van der Waals surface area (Å²) in [5.41, 5.74) is 8.34. The predicted molar refractivity (Wildman–Crippen MR) is 81.5 cm³/mol. The average molecular weight is 275 g/mol. The fraction of sp³-hybridized carbons (Fsp3) is 0.562. The van der Waals surface area contributed by atoms with Crippen LogP contribution >= 0.6 is 0 Å². The van der Waals surface area contributed by atoms with Gasteiger partial charge in [0.2, 0.25) is 5.91 Å². The lowest BCUT2D eigenvalue weighted by atomic mass is 10.0. The van der Waals surface area contributed by atoms with Crippen molar-refractivity contribution >= 4 is 5.91 Å². The van der Waals surface area contributed by atoms with Crippen molar-refractivity contribution in [1.29, 1.82) is 0 Å². The number of likely N-dealkylation sites (tertiary alicyclic amines) is 1. The number of amides is 1. The average Bonchev–Trinajstić information content (AvgIpc) is 2.41. The third kappa shape index (κ3) is 4.32. The highest BCUT2D eigenvalue weighted by molar-refractivity contribution is 5.82. The fourth-order valence-corrected chi connectivity index (χ4v) is 2.65. The maximum absolute atomic E-state index is 12.1. The van der Waals surface area contributed by atoms with Gasteiger partial charge in [-0.25, -0.2) is 0 Å². The highest BCUT2D eigenvalue weighted by atomic mass is 16.2. The molecule has 0 bridgehead atoms. The minimum Gasteiger partial charge on any atom is -0.352 e. The highest BCUT2D eigenvalue weighted by Crippen LogP contribution is 2.10. The molecule has 1 fully saturated rings. The van der Waals surface area contributed by atoms with Crippen LogP contribution in [0.3, 0.4) is 0 Å². The van der Waals surface area contributed by atoms with Crippen molar-refractivity contribution < 1.29 is 4.79 Å². The van der Waals surface area contributed by atoms with E-state index in [-0.39, 0.29) is 11.9 Å². The lowest BCUT2D eigenvalue weighted by Crippen LogP contribution is -2.49. The minimum atomic E-state index is -0.462. The zero-order valence-electron chi connectivity index (χ0n) is 12.4. The summed E-state index contributed by atoms with van der Waals surface area (Å²) in [5, 5.41) is 3.08. The number of nitrogens with one attached hydrogen (secondary N) is 1. The van der Waals surface area contributed by atoms with Crippen molar-refractivity contribution in [2.24, 2.45) is 5.73 Å². The Kier molecular flexibility index (Phi) is 5.15. The summed E-state index contributed by atoms with van der Waals surface area (Å²) in [5.74, 6) is -0.0268. The molecule has 1 atom stereocenters. The summed E-state index contributed by atoms with van der Waals surface area (Å²) in [7, 11) is 2.11. The molecule has 1 saturated heterocycles. The maximum Gasteiger partial charge on any atom is 0.237 e. The second-order valence-corrected chi connectivity index (χ2v) is 5.89. The first-order valence-corrected chi connectivity index (χ1v) is 7.34. The smallest absolute Gasteiger partial charge is 0.237 e. The molecule has 1 aliphatic rings. The molecule has 4 heteroatoms. The standard InChI is InChI=1S/C16H25N3O/c1-12-4-3-5-13(10-12)11-15(17)16(20)18-14-6-8-19(2)9-7-14/h3-5,10,14-15H,6-9,11,17H2,1-2H3,(H,18,20).